The van der Waals surface area contributed by atoms with E-state index in [1.807, 2.05) is 42.5 Å². The van der Waals surface area contributed by atoms with Crippen LogP contribution in [0.3, 0.4) is 0 Å². The molecule has 0 saturated carbocycles. The highest BCUT2D eigenvalue weighted by Gasteiger charge is 2.20. The molecule has 2 aromatic heterocycles. The molecule has 7 heteroatoms. The minimum absolute atomic E-state index is 0.0566. The van der Waals surface area contributed by atoms with Gasteiger partial charge in [0.05, 0.1) is 17.8 Å². The number of hydrogen-bond acceptors (Lipinski definition) is 6. The summed E-state index contributed by atoms with van der Waals surface area (Å²) in [5, 5.41) is 29.0. The first kappa shape index (κ1) is 18.9. The highest BCUT2D eigenvalue weighted by Crippen LogP contribution is 2.26. The maximum Gasteiger partial charge on any atom is 0.153 e. The number of rotatable bonds is 6. The first-order valence-electron chi connectivity index (χ1n) is 9.48. The third kappa shape index (κ3) is 3.90. The molecular formula is C22H24N6O. The Kier molecular flexibility index (Phi) is 4.90. The maximum absolute atomic E-state index is 9.20. The van der Waals surface area contributed by atoms with Crippen molar-refractivity contribution < 1.29 is 5.11 Å². The van der Waals surface area contributed by atoms with Crippen molar-refractivity contribution in [3.05, 3.63) is 65.7 Å². The van der Waals surface area contributed by atoms with E-state index in [9.17, 15) is 5.11 Å². The number of nitrogen functional groups attached to an aromatic ring is 1. The highest BCUT2D eigenvalue weighted by atomic mass is 16.3. The number of aromatic amines is 1. The maximum atomic E-state index is 9.20. The third-order valence-corrected chi connectivity index (χ3v) is 5.18. The van der Waals surface area contributed by atoms with Crippen molar-refractivity contribution in [2.45, 2.75) is 25.9 Å². The Morgan fingerprint density at radius 2 is 1.83 bits per heavy atom. The molecule has 0 aliphatic carbocycles. The second-order valence-electron chi connectivity index (χ2n) is 7.77. The molecule has 0 fully saturated rings. The van der Waals surface area contributed by atoms with Crippen LogP contribution in [0.15, 0.2) is 54.6 Å². The van der Waals surface area contributed by atoms with E-state index in [1.54, 1.807) is 0 Å². The van der Waals surface area contributed by atoms with Crippen LogP contribution in [0.4, 0.5) is 11.6 Å². The molecule has 0 spiro atoms. The van der Waals surface area contributed by atoms with Gasteiger partial charge < -0.3 is 16.2 Å². The van der Waals surface area contributed by atoms with Crippen LogP contribution in [0.5, 0.6) is 0 Å². The molecule has 0 atom stereocenters. The van der Waals surface area contributed by atoms with Gasteiger partial charge in [0.1, 0.15) is 5.82 Å². The van der Waals surface area contributed by atoms with Gasteiger partial charge in [-0.2, -0.15) is 5.10 Å². The van der Waals surface area contributed by atoms with Crippen LogP contribution in [-0.4, -0.2) is 32.0 Å². The molecule has 29 heavy (non-hydrogen) atoms. The molecular weight excluding hydrogens is 364 g/mol. The number of benzene rings is 2. The standard InChI is InChI=1S/C22H24N6O/c1-22(2,16-6-3-14(12-29)4-7-16)13-24-20-10-9-18(25-27-20)15-5-8-19-17(11-15)21(23)28-26-19/h3-11,29H,12-13H2,1-2H3,(H,24,27)(H3,23,26,28). The summed E-state index contributed by atoms with van der Waals surface area (Å²) in [6, 6.07) is 17.8. The van der Waals surface area contributed by atoms with Gasteiger partial charge in [-0.3, -0.25) is 5.10 Å². The second kappa shape index (κ2) is 7.52. The van der Waals surface area contributed by atoms with Gasteiger partial charge in [0, 0.05) is 22.9 Å². The molecule has 0 radical (unpaired) electrons. The zero-order chi connectivity index (χ0) is 20.4. The fraction of sp³-hybridized carbons (Fsp3) is 0.227. The van der Waals surface area contributed by atoms with E-state index in [0.29, 0.717) is 12.4 Å². The SMILES string of the molecule is CC(C)(CNc1ccc(-c2ccc3[nH]nc(N)c3c2)nn1)c1ccc(CO)cc1. The molecule has 4 rings (SSSR count). The van der Waals surface area contributed by atoms with Crippen LogP contribution < -0.4 is 11.1 Å². The van der Waals surface area contributed by atoms with E-state index in [0.717, 1.165) is 33.5 Å². The Labute approximate surface area is 169 Å². The smallest absolute Gasteiger partial charge is 0.153 e. The number of hydrogen-bond donors (Lipinski definition) is 4. The Hall–Kier alpha value is -3.45. The van der Waals surface area contributed by atoms with E-state index >= 15 is 0 Å². The molecule has 0 aliphatic rings. The molecule has 0 saturated heterocycles. The first-order valence-corrected chi connectivity index (χ1v) is 9.48. The van der Waals surface area contributed by atoms with Crippen molar-refractivity contribution in [1.82, 2.24) is 20.4 Å². The predicted octanol–water partition coefficient (Wildman–Crippen LogP) is 3.48. The van der Waals surface area contributed by atoms with Crippen LogP contribution in [0.2, 0.25) is 0 Å². The number of anilines is 2. The Balaban J connectivity index is 1.46. The number of aliphatic hydroxyl groups excluding tert-OH is 1. The number of fused-ring (bicyclic) bond motifs is 1. The minimum atomic E-state index is -0.0990. The second-order valence-corrected chi connectivity index (χ2v) is 7.77. The van der Waals surface area contributed by atoms with Crippen LogP contribution in [-0.2, 0) is 12.0 Å². The number of nitrogens with zero attached hydrogens (tertiary/aromatic N) is 3. The van der Waals surface area contributed by atoms with E-state index in [4.69, 9.17) is 5.73 Å². The van der Waals surface area contributed by atoms with Crippen molar-refractivity contribution in [2.24, 2.45) is 0 Å². The monoisotopic (exact) mass is 388 g/mol. The van der Waals surface area contributed by atoms with E-state index in [2.05, 4.69) is 51.7 Å². The molecule has 148 valence electrons. The normalized spacial score (nSPS) is 11.7. The van der Waals surface area contributed by atoms with Crippen molar-refractivity contribution in [3.8, 4) is 11.3 Å². The lowest BCUT2D eigenvalue weighted by molar-refractivity contribution is 0.282. The fourth-order valence-corrected chi connectivity index (χ4v) is 3.25. The van der Waals surface area contributed by atoms with E-state index in [-0.39, 0.29) is 12.0 Å². The largest absolute Gasteiger partial charge is 0.392 e. The summed E-state index contributed by atoms with van der Waals surface area (Å²) >= 11 is 0. The summed E-state index contributed by atoms with van der Waals surface area (Å²) in [4.78, 5) is 0. The van der Waals surface area contributed by atoms with Gasteiger partial charge in [-0.1, -0.05) is 44.2 Å². The number of H-pyrrole nitrogens is 1. The van der Waals surface area contributed by atoms with Gasteiger partial charge in [-0.25, -0.2) is 0 Å². The number of nitrogens with two attached hydrogens (primary N) is 1. The van der Waals surface area contributed by atoms with E-state index < -0.39 is 0 Å². The van der Waals surface area contributed by atoms with Crippen LogP contribution in [0.25, 0.3) is 22.2 Å². The average molecular weight is 388 g/mol. The summed E-state index contributed by atoms with van der Waals surface area (Å²) in [5.41, 5.74) is 10.5. The molecule has 0 bridgehead atoms. The lowest BCUT2D eigenvalue weighted by Crippen LogP contribution is -2.28. The molecule has 7 nitrogen and oxygen atoms in total. The number of aliphatic hydroxyl groups is 1. The molecule has 0 unspecified atom stereocenters. The number of nitrogens with one attached hydrogen (secondary N) is 2. The molecule has 2 aromatic carbocycles. The Morgan fingerprint density at radius 3 is 2.52 bits per heavy atom. The average Bonchev–Trinajstić information content (AvgIpc) is 3.13. The van der Waals surface area contributed by atoms with Crippen LogP contribution in [0.1, 0.15) is 25.0 Å². The highest BCUT2D eigenvalue weighted by molar-refractivity contribution is 5.91. The predicted molar refractivity (Wildman–Crippen MR) is 115 cm³/mol. The van der Waals surface area contributed by atoms with Crippen molar-refractivity contribution in [2.75, 3.05) is 17.6 Å². The van der Waals surface area contributed by atoms with Crippen molar-refractivity contribution >= 4 is 22.5 Å². The van der Waals surface area contributed by atoms with Crippen molar-refractivity contribution in [1.29, 1.82) is 0 Å². The van der Waals surface area contributed by atoms with Crippen LogP contribution in [0, 0.1) is 0 Å². The van der Waals surface area contributed by atoms with Gasteiger partial charge >= 0.3 is 0 Å². The van der Waals surface area contributed by atoms with E-state index in [1.165, 1.54) is 5.56 Å². The summed E-state index contributed by atoms with van der Waals surface area (Å²) in [7, 11) is 0. The first-order chi connectivity index (χ1) is 14.0. The molecule has 4 aromatic rings. The van der Waals surface area contributed by atoms with Gasteiger partial charge in [0.25, 0.3) is 0 Å². The molecule has 2 heterocycles. The minimum Gasteiger partial charge on any atom is -0.392 e. The lowest BCUT2D eigenvalue weighted by Gasteiger charge is -2.26. The van der Waals surface area contributed by atoms with Gasteiger partial charge in [0.15, 0.2) is 5.82 Å². The summed E-state index contributed by atoms with van der Waals surface area (Å²) < 4.78 is 0. The number of aromatic nitrogens is 4. The molecule has 5 N–H and O–H groups in total. The summed E-state index contributed by atoms with van der Waals surface area (Å²) in [6.45, 7) is 5.10. The topological polar surface area (TPSA) is 113 Å². The summed E-state index contributed by atoms with van der Waals surface area (Å²) in [6.07, 6.45) is 0. The van der Waals surface area contributed by atoms with Gasteiger partial charge in [0.2, 0.25) is 0 Å². The van der Waals surface area contributed by atoms with Crippen LogP contribution >= 0.6 is 0 Å². The zero-order valence-corrected chi connectivity index (χ0v) is 16.5. The van der Waals surface area contributed by atoms with Gasteiger partial charge in [-0.15, -0.1) is 10.2 Å². The van der Waals surface area contributed by atoms with Crippen molar-refractivity contribution in [3.63, 3.8) is 0 Å². The van der Waals surface area contributed by atoms with Gasteiger partial charge in [-0.05, 0) is 35.4 Å². The zero-order valence-electron chi connectivity index (χ0n) is 16.5. The quantitative estimate of drug-likeness (QED) is 0.402. The molecule has 0 aliphatic heterocycles. The third-order valence-electron chi connectivity index (χ3n) is 5.18. The summed E-state index contributed by atoms with van der Waals surface area (Å²) in [5.74, 6) is 1.19. The Bertz CT molecular complexity index is 1120. The fourth-order valence-electron chi connectivity index (χ4n) is 3.25. The Morgan fingerprint density at radius 1 is 1.03 bits per heavy atom. The molecule has 0 amide bonds. The lowest BCUT2D eigenvalue weighted by atomic mass is 9.84.